The average molecular weight is 403 g/mol. The van der Waals surface area contributed by atoms with Crippen LogP contribution in [0, 0.1) is 6.92 Å². The van der Waals surface area contributed by atoms with Crippen LogP contribution in [-0.4, -0.2) is 32.9 Å². The Hall–Kier alpha value is -2.37. The maximum Gasteiger partial charge on any atom is 0.203 e. The van der Waals surface area contributed by atoms with Crippen LogP contribution in [0.4, 0.5) is 0 Å². The van der Waals surface area contributed by atoms with Gasteiger partial charge in [0.05, 0.1) is 26.8 Å². The first-order valence-corrected chi connectivity index (χ1v) is 9.73. The number of rotatable bonds is 8. The van der Waals surface area contributed by atoms with Crippen molar-refractivity contribution in [2.45, 2.75) is 26.2 Å². The first kappa shape index (κ1) is 20.4. The Balaban J connectivity index is 2.24. The van der Waals surface area contributed by atoms with Crippen molar-refractivity contribution < 1.29 is 14.2 Å². The molecule has 0 bridgehead atoms. The number of nitrogens with two attached hydrogens (primary N) is 1. The van der Waals surface area contributed by atoms with E-state index in [9.17, 15) is 0 Å². The Morgan fingerprint density at radius 2 is 1.68 bits per heavy atom. The van der Waals surface area contributed by atoms with Gasteiger partial charge in [0.15, 0.2) is 11.5 Å². The van der Waals surface area contributed by atoms with E-state index in [0.717, 1.165) is 46.6 Å². The van der Waals surface area contributed by atoms with Crippen LogP contribution in [0.25, 0.3) is 22.2 Å². The monoisotopic (exact) mass is 402 g/mol. The zero-order valence-electron chi connectivity index (χ0n) is 16.8. The smallest absolute Gasteiger partial charge is 0.203 e. The highest BCUT2D eigenvalue weighted by Crippen LogP contribution is 2.43. The minimum Gasteiger partial charge on any atom is -0.493 e. The SMILES string of the molecule is COc1cc(-c2[nH]c3c(C)c(Cl)ccc3c2CCCCN)cc(OC)c1OC. The maximum atomic E-state index is 6.36. The molecule has 3 N–H and O–H groups in total. The molecule has 0 aliphatic heterocycles. The highest BCUT2D eigenvalue weighted by Gasteiger charge is 2.19. The summed E-state index contributed by atoms with van der Waals surface area (Å²) in [5.74, 6) is 1.82. The number of aryl methyl sites for hydroxylation is 2. The van der Waals surface area contributed by atoms with Crippen LogP contribution < -0.4 is 19.9 Å². The molecule has 28 heavy (non-hydrogen) atoms. The number of nitrogens with one attached hydrogen (secondary N) is 1. The molecule has 6 heteroatoms. The molecule has 0 aliphatic rings. The van der Waals surface area contributed by atoms with E-state index in [0.29, 0.717) is 23.8 Å². The molecule has 0 fully saturated rings. The number of aromatic amines is 1. The zero-order valence-corrected chi connectivity index (χ0v) is 17.6. The number of methoxy groups -OCH3 is 3. The van der Waals surface area contributed by atoms with Gasteiger partial charge in [0.25, 0.3) is 0 Å². The van der Waals surface area contributed by atoms with Gasteiger partial charge in [0, 0.05) is 21.7 Å². The second-order valence-corrected chi connectivity index (χ2v) is 7.14. The number of H-pyrrole nitrogens is 1. The van der Waals surface area contributed by atoms with E-state index in [2.05, 4.69) is 11.1 Å². The first-order valence-electron chi connectivity index (χ1n) is 9.35. The number of hydrogen-bond donors (Lipinski definition) is 2. The molecule has 0 saturated heterocycles. The highest BCUT2D eigenvalue weighted by atomic mass is 35.5. The molecule has 0 amide bonds. The largest absolute Gasteiger partial charge is 0.493 e. The molecule has 3 aromatic rings. The third-order valence-corrected chi connectivity index (χ3v) is 5.52. The molecule has 1 aromatic heterocycles. The molecule has 0 spiro atoms. The van der Waals surface area contributed by atoms with Crippen molar-refractivity contribution in [3.63, 3.8) is 0 Å². The van der Waals surface area contributed by atoms with Gasteiger partial charge in [0.1, 0.15) is 0 Å². The molecule has 2 aromatic carbocycles. The first-order chi connectivity index (χ1) is 13.5. The number of halogens is 1. The third kappa shape index (κ3) is 3.64. The van der Waals surface area contributed by atoms with Crippen molar-refractivity contribution in [1.82, 2.24) is 4.98 Å². The number of fused-ring (bicyclic) bond motifs is 1. The summed E-state index contributed by atoms with van der Waals surface area (Å²) in [6.07, 6.45) is 2.92. The fourth-order valence-electron chi connectivity index (χ4n) is 3.61. The second-order valence-electron chi connectivity index (χ2n) is 6.73. The summed E-state index contributed by atoms with van der Waals surface area (Å²) in [5, 5.41) is 1.93. The Bertz CT molecular complexity index is 957. The molecule has 150 valence electrons. The molecule has 0 unspecified atom stereocenters. The summed E-state index contributed by atoms with van der Waals surface area (Å²) in [4.78, 5) is 3.59. The Labute approximate surface area is 170 Å². The molecular formula is C22H27ClN2O3. The van der Waals surface area contributed by atoms with Crippen molar-refractivity contribution >= 4 is 22.5 Å². The number of hydrogen-bond acceptors (Lipinski definition) is 4. The second kappa shape index (κ2) is 8.76. The Morgan fingerprint density at radius 1 is 1.00 bits per heavy atom. The van der Waals surface area contributed by atoms with E-state index in [1.807, 2.05) is 25.1 Å². The fraction of sp³-hybridized carbons (Fsp3) is 0.364. The third-order valence-electron chi connectivity index (χ3n) is 5.11. The van der Waals surface area contributed by atoms with Gasteiger partial charge >= 0.3 is 0 Å². The van der Waals surface area contributed by atoms with E-state index in [1.54, 1.807) is 21.3 Å². The van der Waals surface area contributed by atoms with Gasteiger partial charge in [-0.1, -0.05) is 17.7 Å². The number of unbranched alkanes of at least 4 members (excludes halogenated alkanes) is 1. The van der Waals surface area contributed by atoms with Gasteiger partial charge in [-0.25, -0.2) is 0 Å². The Kier molecular flexibility index (Phi) is 6.37. The van der Waals surface area contributed by atoms with Gasteiger partial charge in [-0.3, -0.25) is 0 Å². The number of aromatic nitrogens is 1. The van der Waals surface area contributed by atoms with Crippen molar-refractivity contribution in [2.24, 2.45) is 5.73 Å². The van der Waals surface area contributed by atoms with Crippen LogP contribution in [0.2, 0.25) is 5.02 Å². The standard InChI is InChI=1S/C22H27ClN2O3/c1-13-17(23)9-8-16-15(7-5-6-10-24)21(25-20(13)16)14-11-18(26-2)22(28-4)19(12-14)27-3/h8-9,11-12,25H,5-7,10,24H2,1-4H3. The van der Waals surface area contributed by atoms with Crippen molar-refractivity contribution in [2.75, 3.05) is 27.9 Å². The lowest BCUT2D eigenvalue weighted by atomic mass is 9.99. The molecule has 1 heterocycles. The molecule has 0 saturated carbocycles. The van der Waals surface area contributed by atoms with Crippen LogP contribution in [0.3, 0.4) is 0 Å². The van der Waals surface area contributed by atoms with Gasteiger partial charge in [0.2, 0.25) is 5.75 Å². The zero-order chi connectivity index (χ0) is 20.3. The minimum atomic E-state index is 0.578. The van der Waals surface area contributed by atoms with Gasteiger partial charge in [-0.15, -0.1) is 0 Å². The normalized spacial score (nSPS) is 11.1. The fourth-order valence-corrected chi connectivity index (χ4v) is 3.77. The van der Waals surface area contributed by atoms with Crippen molar-refractivity contribution in [1.29, 1.82) is 0 Å². The van der Waals surface area contributed by atoms with Gasteiger partial charge < -0.3 is 24.9 Å². The molecule has 3 rings (SSSR count). The number of benzene rings is 2. The van der Waals surface area contributed by atoms with E-state index in [-0.39, 0.29) is 0 Å². The lowest BCUT2D eigenvalue weighted by Crippen LogP contribution is -2.00. The maximum absolute atomic E-state index is 6.36. The summed E-state index contributed by atoms with van der Waals surface area (Å²) in [5.41, 5.74) is 11.1. The van der Waals surface area contributed by atoms with Gasteiger partial charge in [-0.2, -0.15) is 0 Å². The average Bonchev–Trinajstić information content (AvgIpc) is 3.09. The van der Waals surface area contributed by atoms with Crippen molar-refractivity contribution in [3.8, 4) is 28.5 Å². The van der Waals surface area contributed by atoms with E-state index in [1.165, 1.54) is 10.9 Å². The topological polar surface area (TPSA) is 69.5 Å². The predicted molar refractivity (Wildman–Crippen MR) is 115 cm³/mol. The lowest BCUT2D eigenvalue weighted by molar-refractivity contribution is 0.324. The molecule has 0 radical (unpaired) electrons. The summed E-state index contributed by atoms with van der Waals surface area (Å²) in [6, 6.07) is 7.98. The molecular weight excluding hydrogens is 376 g/mol. The van der Waals surface area contributed by atoms with Crippen LogP contribution in [0.1, 0.15) is 24.0 Å². The predicted octanol–water partition coefficient (Wildman–Crippen LogP) is 5.10. The highest BCUT2D eigenvalue weighted by molar-refractivity contribution is 6.32. The molecule has 5 nitrogen and oxygen atoms in total. The van der Waals surface area contributed by atoms with Crippen LogP contribution in [-0.2, 0) is 6.42 Å². The van der Waals surface area contributed by atoms with E-state index < -0.39 is 0 Å². The summed E-state index contributed by atoms with van der Waals surface area (Å²) in [6.45, 7) is 2.72. The quantitative estimate of drug-likeness (QED) is 0.514. The van der Waals surface area contributed by atoms with E-state index in [4.69, 9.17) is 31.5 Å². The summed E-state index contributed by atoms with van der Waals surface area (Å²) < 4.78 is 16.5. The van der Waals surface area contributed by atoms with Crippen LogP contribution in [0.5, 0.6) is 17.2 Å². The van der Waals surface area contributed by atoms with Crippen molar-refractivity contribution in [3.05, 3.63) is 40.4 Å². The van der Waals surface area contributed by atoms with Crippen LogP contribution in [0.15, 0.2) is 24.3 Å². The minimum absolute atomic E-state index is 0.578. The Morgan fingerprint density at radius 3 is 2.25 bits per heavy atom. The summed E-state index contributed by atoms with van der Waals surface area (Å²) in [7, 11) is 4.85. The van der Waals surface area contributed by atoms with Crippen LogP contribution >= 0.6 is 11.6 Å². The lowest BCUT2D eigenvalue weighted by Gasteiger charge is -2.14. The molecule has 0 atom stereocenters. The molecule has 0 aliphatic carbocycles. The number of ether oxygens (including phenoxy) is 3. The van der Waals surface area contributed by atoms with E-state index >= 15 is 0 Å². The summed E-state index contributed by atoms with van der Waals surface area (Å²) >= 11 is 6.36. The van der Waals surface area contributed by atoms with Gasteiger partial charge in [-0.05, 0) is 62.1 Å².